The van der Waals surface area contributed by atoms with Gasteiger partial charge in [0, 0.05) is 36.2 Å². The second kappa shape index (κ2) is 7.65. The molecule has 3 heterocycles. The van der Waals surface area contributed by atoms with Crippen molar-refractivity contribution in [2.75, 3.05) is 27.4 Å². The molecule has 0 aliphatic carbocycles. The summed E-state index contributed by atoms with van der Waals surface area (Å²) in [5.41, 5.74) is 2.24. The minimum absolute atomic E-state index is 0.0164. The average molecular weight is 398 g/mol. The standard InChI is InChI=1S/C22H26N2O5/c1-4-23-19-16(17(12-25)20(23)22(27)29-3)11-24-18(19)9-8-15(21(24)26)13-6-5-7-14(10-13)28-2/h5-10,16-17,19-20,25H,4,11-12H2,1-3H3/t16-,17-,19+,20-/m1/s1. The summed E-state index contributed by atoms with van der Waals surface area (Å²) in [5, 5.41) is 10.0. The second-order valence-electron chi connectivity index (χ2n) is 7.57. The van der Waals surface area contributed by atoms with Crippen molar-refractivity contribution < 1.29 is 19.4 Å². The van der Waals surface area contributed by atoms with Gasteiger partial charge < -0.3 is 19.1 Å². The number of likely N-dealkylation sites (tertiary alicyclic amines) is 1. The third kappa shape index (κ3) is 2.96. The number of aliphatic hydroxyl groups is 1. The highest BCUT2D eigenvalue weighted by molar-refractivity contribution is 5.77. The fourth-order valence-electron chi connectivity index (χ4n) is 5.08. The Kier molecular flexibility index (Phi) is 5.19. The maximum Gasteiger partial charge on any atom is 0.323 e. The molecule has 2 aliphatic heterocycles. The molecule has 0 bridgehead atoms. The molecule has 7 heteroatoms. The molecule has 1 fully saturated rings. The molecule has 2 aromatic rings. The van der Waals surface area contributed by atoms with Gasteiger partial charge >= 0.3 is 5.97 Å². The maximum atomic E-state index is 13.3. The monoisotopic (exact) mass is 398 g/mol. The van der Waals surface area contributed by atoms with Gasteiger partial charge in [-0.05, 0) is 36.4 Å². The number of hydrogen-bond acceptors (Lipinski definition) is 6. The van der Waals surface area contributed by atoms with Gasteiger partial charge in [0.2, 0.25) is 0 Å². The summed E-state index contributed by atoms with van der Waals surface area (Å²) in [6.45, 7) is 2.97. The van der Waals surface area contributed by atoms with Crippen molar-refractivity contribution >= 4 is 5.97 Å². The van der Waals surface area contributed by atoms with Crippen LogP contribution in [0.3, 0.4) is 0 Å². The van der Waals surface area contributed by atoms with E-state index in [4.69, 9.17) is 9.47 Å². The Labute approximate surface area is 169 Å². The first-order valence-electron chi connectivity index (χ1n) is 9.88. The maximum absolute atomic E-state index is 13.3. The quantitative estimate of drug-likeness (QED) is 0.772. The van der Waals surface area contributed by atoms with Gasteiger partial charge in [-0.1, -0.05) is 19.1 Å². The molecule has 0 unspecified atom stereocenters. The van der Waals surface area contributed by atoms with E-state index in [-0.39, 0.29) is 36.0 Å². The lowest BCUT2D eigenvalue weighted by atomic mass is 9.88. The first kappa shape index (κ1) is 19.7. The van der Waals surface area contributed by atoms with Gasteiger partial charge in [-0.15, -0.1) is 0 Å². The molecule has 4 rings (SSSR count). The molecule has 2 aliphatic rings. The van der Waals surface area contributed by atoms with Gasteiger partial charge in [0.1, 0.15) is 11.8 Å². The van der Waals surface area contributed by atoms with Gasteiger partial charge in [0.15, 0.2) is 0 Å². The Bertz CT molecular complexity index is 985. The van der Waals surface area contributed by atoms with E-state index in [2.05, 4.69) is 4.90 Å². The van der Waals surface area contributed by atoms with Crippen molar-refractivity contribution in [2.24, 2.45) is 11.8 Å². The van der Waals surface area contributed by atoms with Crippen LogP contribution in [0.2, 0.25) is 0 Å². The van der Waals surface area contributed by atoms with E-state index in [1.54, 1.807) is 11.7 Å². The Hall–Kier alpha value is -2.64. The van der Waals surface area contributed by atoms with Crippen LogP contribution in [0.15, 0.2) is 41.2 Å². The van der Waals surface area contributed by atoms with Gasteiger partial charge in [0.25, 0.3) is 5.56 Å². The average Bonchev–Trinajstić information content (AvgIpc) is 3.28. The number of fused-ring (bicyclic) bond motifs is 3. The van der Waals surface area contributed by atoms with Crippen LogP contribution in [0.4, 0.5) is 0 Å². The molecule has 0 saturated carbocycles. The number of pyridine rings is 1. The largest absolute Gasteiger partial charge is 0.497 e. The van der Waals surface area contributed by atoms with Crippen molar-refractivity contribution in [3.8, 4) is 16.9 Å². The van der Waals surface area contributed by atoms with Gasteiger partial charge in [-0.3, -0.25) is 14.5 Å². The zero-order valence-corrected chi connectivity index (χ0v) is 16.9. The zero-order chi connectivity index (χ0) is 20.7. The lowest BCUT2D eigenvalue weighted by Crippen LogP contribution is -2.43. The minimum Gasteiger partial charge on any atom is -0.497 e. The van der Waals surface area contributed by atoms with Crippen LogP contribution in [0, 0.1) is 11.8 Å². The number of methoxy groups -OCH3 is 2. The molecule has 1 saturated heterocycles. The highest BCUT2D eigenvalue weighted by atomic mass is 16.5. The van der Waals surface area contributed by atoms with Gasteiger partial charge in [0.05, 0.1) is 20.3 Å². The first-order chi connectivity index (χ1) is 14.0. The number of nitrogens with zero attached hydrogens (tertiary/aromatic N) is 2. The minimum atomic E-state index is -0.494. The first-order valence-corrected chi connectivity index (χ1v) is 9.88. The predicted molar refractivity (Wildman–Crippen MR) is 108 cm³/mol. The number of hydrogen-bond donors (Lipinski definition) is 1. The highest BCUT2D eigenvalue weighted by Gasteiger charge is 2.55. The summed E-state index contributed by atoms with van der Waals surface area (Å²) in [7, 11) is 2.97. The van der Waals surface area contributed by atoms with Crippen molar-refractivity contribution in [3.05, 3.63) is 52.4 Å². The number of aromatic nitrogens is 1. The fraction of sp³-hybridized carbons (Fsp3) is 0.455. The molecular formula is C22H26N2O5. The molecule has 0 amide bonds. The number of benzene rings is 1. The molecule has 1 N–H and O–H groups in total. The topological polar surface area (TPSA) is 81.0 Å². The third-order valence-electron chi connectivity index (χ3n) is 6.38. The smallest absolute Gasteiger partial charge is 0.323 e. The van der Waals surface area contributed by atoms with E-state index in [0.717, 1.165) is 11.3 Å². The summed E-state index contributed by atoms with van der Waals surface area (Å²) in [5.74, 6) is 0.0779. The van der Waals surface area contributed by atoms with E-state index in [0.29, 0.717) is 24.4 Å². The number of likely N-dealkylation sites (N-methyl/N-ethyl adjacent to an activating group) is 1. The molecule has 0 spiro atoms. The fourth-order valence-corrected chi connectivity index (χ4v) is 5.08. The molecule has 154 valence electrons. The highest BCUT2D eigenvalue weighted by Crippen LogP contribution is 2.49. The predicted octanol–water partition coefficient (Wildman–Crippen LogP) is 1.68. The molecular weight excluding hydrogens is 372 g/mol. The second-order valence-corrected chi connectivity index (χ2v) is 7.57. The lowest BCUT2D eigenvalue weighted by Gasteiger charge is -2.28. The summed E-state index contributed by atoms with van der Waals surface area (Å²) < 4.78 is 12.1. The van der Waals surface area contributed by atoms with Crippen LogP contribution in [0.1, 0.15) is 18.7 Å². The van der Waals surface area contributed by atoms with E-state index in [1.807, 2.05) is 43.3 Å². The molecule has 7 nitrogen and oxygen atoms in total. The Morgan fingerprint density at radius 3 is 2.69 bits per heavy atom. The van der Waals surface area contributed by atoms with Crippen molar-refractivity contribution in [2.45, 2.75) is 25.6 Å². The molecule has 0 radical (unpaired) electrons. The SMILES string of the molecule is CCN1[C@@H]2c3ccc(-c4cccc(OC)c4)c(=O)n3C[C@@H]2[C@@H](CO)[C@@H]1C(=O)OC. The number of ether oxygens (including phenoxy) is 2. The summed E-state index contributed by atoms with van der Waals surface area (Å²) in [6, 6.07) is 10.7. The normalized spacial score (nSPS) is 25.5. The summed E-state index contributed by atoms with van der Waals surface area (Å²) >= 11 is 0. The van der Waals surface area contributed by atoms with E-state index in [9.17, 15) is 14.7 Å². The number of rotatable bonds is 5. The number of esters is 1. The van der Waals surface area contributed by atoms with Gasteiger partial charge in [-0.2, -0.15) is 0 Å². The number of aliphatic hydroxyl groups excluding tert-OH is 1. The number of carbonyl (C=O) groups is 1. The van der Waals surface area contributed by atoms with Crippen molar-refractivity contribution in [1.82, 2.24) is 9.47 Å². The Balaban J connectivity index is 1.78. The third-order valence-corrected chi connectivity index (χ3v) is 6.38. The van der Waals surface area contributed by atoms with Crippen molar-refractivity contribution in [3.63, 3.8) is 0 Å². The molecule has 29 heavy (non-hydrogen) atoms. The summed E-state index contributed by atoms with van der Waals surface area (Å²) in [4.78, 5) is 27.8. The van der Waals surface area contributed by atoms with Crippen molar-refractivity contribution in [1.29, 1.82) is 0 Å². The Morgan fingerprint density at radius 2 is 2.03 bits per heavy atom. The lowest BCUT2D eigenvalue weighted by molar-refractivity contribution is -0.148. The van der Waals surface area contributed by atoms with Crippen LogP contribution in [-0.2, 0) is 16.1 Å². The van der Waals surface area contributed by atoms with E-state index >= 15 is 0 Å². The van der Waals surface area contributed by atoms with Crippen LogP contribution < -0.4 is 10.3 Å². The molecule has 1 aromatic carbocycles. The van der Waals surface area contributed by atoms with E-state index < -0.39 is 6.04 Å². The number of carbonyl (C=O) groups excluding carboxylic acids is 1. The van der Waals surface area contributed by atoms with E-state index in [1.165, 1.54) is 7.11 Å². The van der Waals surface area contributed by atoms with Crippen LogP contribution in [-0.4, -0.2) is 54.0 Å². The zero-order valence-electron chi connectivity index (χ0n) is 16.9. The summed E-state index contributed by atoms with van der Waals surface area (Å²) in [6.07, 6.45) is 0. The molecule has 1 aromatic heterocycles. The molecule has 4 atom stereocenters. The van der Waals surface area contributed by atoms with Crippen LogP contribution in [0.5, 0.6) is 5.75 Å². The van der Waals surface area contributed by atoms with Crippen LogP contribution in [0.25, 0.3) is 11.1 Å². The Morgan fingerprint density at radius 1 is 1.24 bits per heavy atom. The van der Waals surface area contributed by atoms with Crippen LogP contribution >= 0.6 is 0 Å². The van der Waals surface area contributed by atoms with Gasteiger partial charge in [-0.25, -0.2) is 0 Å².